The van der Waals surface area contributed by atoms with Crippen molar-refractivity contribution in [3.8, 4) is 0 Å². The zero-order valence-electron chi connectivity index (χ0n) is 9.16. The quantitative estimate of drug-likeness (QED) is 0.879. The normalized spacial score (nSPS) is 10.2. The smallest absolute Gasteiger partial charge is 0.181 e. The van der Waals surface area contributed by atoms with Gasteiger partial charge in [0.25, 0.3) is 0 Å². The predicted molar refractivity (Wildman–Crippen MR) is 62.8 cm³/mol. The molecule has 4 heteroatoms. The summed E-state index contributed by atoms with van der Waals surface area (Å²) in [5.41, 5.74) is 1.24. The van der Waals surface area contributed by atoms with E-state index in [1.807, 2.05) is 12.1 Å². The molecule has 0 fully saturated rings. The summed E-state index contributed by atoms with van der Waals surface area (Å²) in [7, 11) is 0. The number of nitrogens with zero attached hydrogens (tertiary/aromatic N) is 1. The molecule has 0 bridgehead atoms. The van der Waals surface area contributed by atoms with Crippen LogP contribution in [0.3, 0.4) is 0 Å². The maximum Gasteiger partial charge on any atom is 0.181 e. The Labute approximate surface area is 98.3 Å². The SMILES string of the molecule is Fc1cccc(NCCc2cccnc2)c1F. The summed E-state index contributed by atoms with van der Waals surface area (Å²) < 4.78 is 26.2. The third kappa shape index (κ3) is 3.00. The molecule has 0 saturated carbocycles. The van der Waals surface area contributed by atoms with Crippen molar-refractivity contribution >= 4 is 5.69 Å². The zero-order valence-corrected chi connectivity index (χ0v) is 9.16. The summed E-state index contributed by atoms with van der Waals surface area (Å²) in [6, 6.07) is 7.88. The highest BCUT2D eigenvalue weighted by Gasteiger charge is 2.06. The molecule has 1 heterocycles. The van der Waals surface area contributed by atoms with E-state index in [1.54, 1.807) is 12.4 Å². The number of aromatic nitrogens is 1. The molecule has 88 valence electrons. The van der Waals surface area contributed by atoms with Crippen LogP contribution in [-0.4, -0.2) is 11.5 Å². The molecule has 2 aromatic rings. The minimum Gasteiger partial charge on any atom is -0.382 e. The predicted octanol–water partition coefficient (Wildman–Crippen LogP) is 3.01. The number of halogens is 2. The van der Waals surface area contributed by atoms with Crippen LogP contribution in [0.5, 0.6) is 0 Å². The van der Waals surface area contributed by atoms with Gasteiger partial charge in [-0.1, -0.05) is 12.1 Å². The van der Waals surface area contributed by atoms with Gasteiger partial charge >= 0.3 is 0 Å². The Kier molecular flexibility index (Phi) is 3.65. The van der Waals surface area contributed by atoms with Crippen LogP contribution in [-0.2, 0) is 6.42 Å². The van der Waals surface area contributed by atoms with Gasteiger partial charge in [0.05, 0.1) is 5.69 Å². The standard InChI is InChI=1S/C13H12F2N2/c14-11-4-1-5-12(13(11)15)17-8-6-10-3-2-7-16-9-10/h1-5,7,9,17H,6,8H2. The first-order valence-electron chi connectivity index (χ1n) is 5.34. The summed E-state index contributed by atoms with van der Waals surface area (Å²) in [6.07, 6.45) is 4.16. The van der Waals surface area contributed by atoms with E-state index in [0.717, 1.165) is 11.6 Å². The number of anilines is 1. The Bertz CT molecular complexity index is 486. The summed E-state index contributed by atoms with van der Waals surface area (Å²) in [5.74, 6) is -1.67. The molecule has 0 unspecified atom stereocenters. The maximum atomic E-state index is 13.3. The average molecular weight is 234 g/mol. The van der Waals surface area contributed by atoms with Crippen LogP contribution in [0.25, 0.3) is 0 Å². The fourth-order valence-corrected chi connectivity index (χ4v) is 1.53. The second-order valence-electron chi connectivity index (χ2n) is 3.64. The van der Waals surface area contributed by atoms with Crippen LogP contribution in [0.15, 0.2) is 42.7 Å². The molecule has 0 saturated heterocycles. The van der Waals surface area contributed by atoms with Gasteiger partial charge in [-0.3, -0.25) is 4.98 Å². The Morgan fingerprint density at radius 3 is 2.76 bits per heavy atom. The van der Waals surface area contributed by atoms with Crippen molar-refractivity contribution < 1.29 is 8.78 Å². The number of benzene rings is 1. The Morgan fingerprint density at radius 2 is 2.00 bits per heavy atom. The molecular formula is C13H12F2N2. The molecule has 0 amide bonds. The highest BCUT2D eigenvalue weighted by molar-refractivity contribution is 5.44. The lowest BCUT2D eigenvalue weighted by molar-refractivity contribution is 0.511. The van der Waals surface area contributed by atoms with E-state index >= 15 is 0 Å². The molecule has 1 N–H and O–H groups in total. The lowest BCUT2D eigenvalue weighted by Crippen LogP contribution is -2.07. The summed E-state index contributed by atoms with van der Waals surface area (Å²) >= 11 is 0. The third-order valence-electron chi connectivity index (χ3n) is 2.40. The van der Waals surface area contributed by atoms with Gasteiger partial charge in [0.15, 0.2) is 11.6 Å². The topological polar surface area (TPSA) is 24.9 Å². The van der Waals surface area contributed by atoms with Gasteiger partial charge in [-0.2, -0.15) is 0 Å². The van der Waals surface area contributed by atoms with Crippen LogP contribution >= 0.6 is 0 Å². The third-order valence-corrected chi connectivity index (χ3v) is 2.40. The van der Waals surface area contributed by atoms with Crippen molar-refractivity contribution in [2.75, 3.05) is 11.9 Å². The van der Waals surface area contributed by atoms with Crippen LogP contribution in [0, 0.1) is 11.6 Å². The number of rotatable bonds is 4. The first kappa shape index (κ1) is 11.5. The van der Waals surface area contributed by atoms with Crippen molar-refractivity contribution in [3.05, 3.63) is 59.9 Å². The number of nitrogens with one attached hydrogen (secondary N) is 1. The lowest BCUT2D eigenvalue weighted by Gasteiger charge is -2.07. The molecule has 0 aliphatic heterocycles. The van der Waals surface area contributed by atoms with E-state index in [1.165, 1.54) is 12.1 Å². The van der Waals surface area contributed by atoms with Gasteiger partial charge in [-0.25, -0.2) is 8.78 Å². The molecule has 2 nitrogen and oxygen atoms in total. The number of hydrogen-bond acceptors (Lipinski definition) is 2. The largest absolute Gasteiger partial charge is 0.382 e. The first-order valence-corrected chi connectivity index (χ1v) is 5.34. The van der Waals surface area contributed by atoms with Gasteiger partial charge in [-0.15, -0.1) is 0 Å². The second-order valence-corrected chi connectivity index (χ2v) is 3.64. The molecule has 2 rings (SSSR count). The molecule has 0 aliphatic rings. The Morgan fingerprint density at radius 1 is 1.12 bits per heavy atom. The van der Waals surface area contributed by atoms with Crippen molar-refractivity contribution in [1.82, 2.24) is 4.98 Å². The van der Waals surface area contributed by atoms with E-state index in [0.29, 0.717) is 13.0 Å². The van der Waals surface area contributed by atoms with Crippen molar-refractivity contribution in [3.63, 3.8) is 0 Å². The molecule has 0 radical (unpaired) electrons. The minimum atomic E-state index is -0.837. The molecular weight excluding hydrogens is 222 g/mol. The van der Waals surface area contributed by atoms with Crippen LogP contribution < -0.4 is 5.32 Å². The van der Waals surface area contributed by atoms with E-state index in [-0.39, 0.29) is 5.69 Å². The van der Waals surface area contributed by atoms with Crippen molar-refractivity contribution in [1.29, 1.82) is 0 Å². The van der Waals surface area contributed by atoms with Gasteiger partial charge in [0.1, 0.15) is 0 Å². The van der Waals surface area contributed by atoms with Crippen LogP contribution in [0.4, 0.5) is 14.5 Å². The molecule has 0 aliphatic carbocycles. The van der Waals surface area contributed by atoms with Gasteiger partial charge in [0.2, 0.25) is 0 Å². The van der Waals surface area contributed by atoms with E-state index < -0.39 is 11.6 Å². The lowest BCUT2D eigenvalue weighted by atomic mass is 10.2. The minimum absolute atomic E-state index is 0.189. The summed E-state index contributed by atoms with van der Waals surface area (Å²) in [5, 5.41) is 2.86. The average Bonchev–Trinajstić information content (AvgIpc) is 2.36. The van der Waals surface area contributed by atoms with Gasteiger partial charge < -0.3 is 5.32 Å². The van der Waals surface area contributed by atoms with Crippen LogP contribution in [0.2, 0.25) is 0 Å². The highest BCUT2D eigenvalue weighted by atomic mass is 19.2. The maximum absolute atomic E-state index is 13.3. The first-order chi connectivity index (χ1) is 8.27. The fraction of sp³-hybridized carbons (Fsp3) is 0.154. The van der Waals surface area contributed by atoms with E-state index in [2.05, 4.69) is 10.3 Å². The number of hydrogen-bond donors (Lipinski definition) is 1. The Balaban J connectivity index is 1.93. The second kappa shape index (κ2) is 5.39. The number of pyridine rings is 1. The van der Waals surface area contributed by atoms with E-state index in [4.69, 9.17) is 0 Å². The van der Waals surface area contributed by atoms with Gasteiger partial charge in [0, 0.05) is 18.9 Å². The molecule has 0 atom stereocenters. The molecule has 0 spiro atoms. The van der Waals surface area contributed by atoms with E-state index in [9.17, 15) is 8.78 Å². The Hall–Kier alpha value is -1.97. The van der Waals surface area contributed by atoms with Crippen molar-refractivity contribution in [2.45, 2.75) is 6.42 Å². The fourth-order valence-electron chi connectivity index (χ4n) is 1.53. The van der Waals surface area contributed by atoms with Crippen LogP contribution in [0.1, 0.15) is 5.56 Å². The zero-order chi connectivity index (χ0) is 12.1. The summed E-state index contributed by atoms with van der Waals surface area (Å²) in [4.78, 5) is 3.98. The molecule has 17 heavy (non-hydrogen) atoms. The molecule has 1 aromatic carbocycles. The highest BCUT2D eigenvalue weighted by Crippen LogP contribution is 2.16. The summed E-state index contributed by atoms with van der Waals surface area (Å²) in [6.45, 7) is 0.534. The monoisotopic (exact) mass is 234 g/mol. The molecule has 1 aromatic heterocycles. The van der Waals surface area contributed by atoms with Crippen molar-refractivity contribution in [2.24, 2.45) is 0 Å². The van der Waals surface area contributed by atoms with Gasteiger partial charge in [-0.05, 0) is 30.2 Å².